The molecule has 3 rings (SSSR count). The second-order valence-corrected chi connectivity index (χ2v) is 6.01. The number of amides is 1. The van der Waals surface area contributed by atoms with Crippen LogP contribution in [0.15, 0.2) is 45.4 Å². The van der Waals surface area contributed by atoms with Crippen molar-refractivity contribution in [1.29, 1.82) is 0 Å². The lowest BCUT2D eigenvalue weighted by Gasteiger charge is -2.06. The maximum absolute atomic E-state index is 11.6. The molecule has 3 N–H and O–H groups in total. The van der Waals surface area contributed by atoms with E-state index in [1.54, 1.807) is 18.3 Å². The minimum atomic E-state index is -0.650. The Bertz CT molecular complexity index is 863. The van der Waals surface area contributed by atoms with E-state index in [0.717, 1.165) is 10.0 Å². The van der Waals surface area contributed by atoms with Crippen molar-refractivity contribution >= 4 is 50.2 Å². The third-order valence-corrected chi connectivity index (χ3v) is 3.75. The molecule has 3 aromatic rings. The Morgan fingerprint density at radius 1 is 1.41 bits per heavy atom. The number of rotatable bonds is 4. The van der Waals surface area contributed by atoms with Crippen LogP contribution < -0.4 is 11.1 Å². The van der Waals surface area contributed by atoms with E-state index in [-0.39, 0.29) is 5.76 Å². The Balaban J connectivity index is 1.98. The molecule has 1 amide bonds. The van der Waals surface area contributed by atoms with Crippen molar-refractivity contribution in [3.63, 3.8) is 0 Å². The van der Waals surface area contributed by atoms with E-state index in [2.05, 4.69) is 26.2 Å². The van der Waals surface area contributed by atoms with E-state index in [1.807, 2.05) is 18.2 Å². The molecule has 0 bridgehead atoms. The van der Waals surface area contributed by atoms with Crippen molar-refractivity contribution in [2.45, 2.75) is 6.54 Å². The van der Waals surface area contributed by atoms with E-state index in [1.165, 1.54) is 0 Å². The smallest absolute Gasteiger partial charge is 0.286 e. The zero-order chi connectivity index (χ0) is 15.7. The first-order valence-electron chi connectivity index (χ1n) is 6.41. The van der Waals surface area contributed by atoms with Crippen LogP contribution in [0.4, 0.5) is 5.69 Å². The molecule has 0 saturated carbocycles. The molecule has 0 radical (unpaired) electrons. The molecule has 0 unspecified atom stereocenters. The van der Waals surface area contributed by atoms with Crippen LogP contribution in [0.25, 0.3) is 11.1 Å². The van der Waals surface area contributed by atoms with E-state index in [9.17, 15) is 4.79 Å². The van der Waals surface area contributed by atoms with Gasteiger partial charge in [0.1, 0.15) is 11.2 Å². The summed E-state index contributed by atoms with van der Waals surface area (Å²) in [4.78, 5) is 15.8. The molecular formula is C15H11BrClN3O2. The quantitative estimate of drug-likeness (QED) is 0.718. The summed E-state index contributed by atoms with van der Waals surface area (Å²) in [5.74, 6) is -0.592. The summed E-state index contributed by atoms with van der Waals surface area (Å²) in [6.45, 7) is 0.465. The van der Waals surface area contributed by atoms with Gasteiger partial charge >= 0.3 is 0 Å². The van der Waals surface area contributed by atoms with Crippen LogP contribution in [0, 0.1) is 0 Å². The summed E-state index contributed by atoms with van der Waals surface area (Å²) in [6.07, 6.45) is 1.63. The van der Waals surface area contributed by atoms with Gasteiger partial charge in [0.15, 0.2) is 5.58 Å². The summed E-state index contributed by atoms with van der Waals surface area (Å²) >= 11 is 9.27. The number of nitrogens with zero attached hydrogens (tertiary/aromatic N) is 1. The Kier molecular flexibility index (Phi) is 4.04. The van der Waals surface area contributed by atoms with Gasteiger partial charge in [-0.05, 0) is 39.7 Å². The molecule has 22 heavy (non-hydrogen) atoms. The number of hydrogen-bond acceptors (Lipinski definition) is 4. The number of primary amides is 1. The molecule has 112 valence electrons. The molecule has 7 heteroatoms. The number of furan rings is 1. The number of pyridine rings is 1. The number of fused-ring (bicyclic) bond motifs is 1. The number of hydrogen-bond donors (Lipinski definition) is 2. The predicted octanol–water partition coefficient (Wildman–Crippen LogP) is 3.95. The number of carbonyl (C=O) groups excluding carboxylic acids is 1. The highest BCUT2D eigenvalue weighted by atomic mass is 79.9. The van der Waals surface area contributed by atoms with Crippen LogP contribution in [0.3, 0.4) is 0 Å². The highest BCUT2D eigenvalue weighted by Gasteiger charge is 2.19. The number of carbonyl (C=O) groups is 1. The minimum Gasteiger partial charge on any atom is -0.447 e. The SMILES string of the molecule is NC(=O)c1oc2cc(Br)cnc2c1NCc1cccc(Cl)c1. The number of aromatic nitrogens is 1. The van der Waals surface area contributed by atoms with Gasteiger partial charge in [0.2, 0.25) is 5.76 Å². The molecule has 0 aliphatic carbocycles. The summed E-state index contributed by atoms with van der Waals surface area (Å²) < 4.78 is 6.25. The molecule has 0 aliphatic heterocycles. The van der Waals surface area contributed by atoms with Gasteiger partial charge in [-0.3, -0.25) is 4.79 Å². The fraction of sp³-hybridized carbons (Fsp3) is 0.0667. The summed E-state index contributed by atoms with van der Waals surface area (Å²) in [5.41, 5.74) is 7.86. The van der Waals surface area contributed by atoms with Gasteiger partial charge in [0.05, 0.1) is 0 Å². The summed E-state index contributed by atoms with van der Waals surface area (Å²) in [5, 5.41) is 3.80. The zero-order valence-electron chi connectivity index (χ0n) is 11.3. The van der Waals surface area contributed by atoms with Crippen molar-refractivity contribution in [3.05, 3.63) is 57.3 Å². The summed E-state index contributed by atoms with van der Waals surface area (Å²) in [7, 11) is 0. The van der Waals surface area contributed by atoms with Crippen LogP contribution >= 0.6 is 27.5 Å². The first-order valence-corrected chi connectivity index (χ1v) is 7.58. The number of anilines is 1. The van der Waals surface area contributed by atoms with Crippen LogP contribution in [-0.4, -0.2) is 10.9 Å². The molecule has 2 aromatic heterocycles. The maximum Gasteiger partial charge on any atom is 0.286 e. The van der Waals surface area contributed by atoms with Crippen LogP contribution in [-0.2, 0) is 6.54 Å². The van der Waals surface area contributed by atoms with E-state index in [0.29, 0.717) is 28.4 Å². The second kappa shape index (κ2) is 5.98. The van der Waals surface area contributed by atoms with Crippen LogP contribution in [0.2, 0.25) is 5.02 Å². The first kappa shape index (κ1) is 14.9. The standard InChI is InChI=1S/C15H11BrClN3O2/c16-9-5-11-12(20-7-9)13(14(22-11)15(18)21)19-6-8-2-1-3-10(17)4-8/h1-5,7,19H,6H2,(H2,18,21). The van der Waals surface area contributed by atoms with E-state index >= 15 is 0 Å². The largest absolute Gasteiger partial charge is 0.447 e. The molecular weight excluding hydrogens is 370 g/mol. The summed E-state index contributed by atoms with van der Waals surface area (Å²) in [6, 6.07) is 9.16. The Morgan fingerprint density at radius 2 is 2.23 bits per heavy atom. The average Bonchev–Trinajstić information content (AvgIpc) is 2.83. The van der Waals surface area contributed by atoms with Gasteiger partial charge in [0, 0.05) is 22.2 Å². The van der Waals surface area contributed by atoms with Gasteiger partial charge < -0.3 is 15.5 Å². The average molecular weight is 381 g/mol. The molecule has 1 aromatic carbocycles. The molecule has 0 atom stereocenters. The predicted molar refractivity (Wildman–Crippen MR) is 89.0 cm³/mol. The van der Waals surface area contributed by atoms with Gasteiger partial charge in [0.25, 0.3) is 5.91 Å². The molecule has 0 aliphatic rings. The van der Waals surface area contributed by atoms with Crippen molar-refractivity contribution in [2.75, 3.05) is 5.32 Å². The molecule has 2 heterocycles. The van der Waals surface area contributed by atoms with Crippen molar-refractivity contribution in [2.24, 2.45) is 5.73 Å². The maximum atomic E-state index is 11.6. The Morgan fingerprint density at radius 3 is 2.95 bits per heavy atom. The van der Waals surface area contributed by atoms with Gasteiger partial charge in [-0.25, -0.2) is 4.98 Å². The van der Waals surface area contributed by atoms with E-state index in [4.69, 9.17) is 21.8 Å². The number of nitrogens with two attached hydrogens (primary N) is 1. The molecule has 0 fully saturated rings. The Hall–Kier alpha value is -2.05. The topological polar surface area (TPSA) is 81.2 Å². The monoisotopic (exact) mass is 379 g/mol. The highest BCUT2D eigenvalue weighted by molar-refractivity contribution is 9.10. The van der Waals surface area contributed by atoms with Crippen LogP contribution in [0.1, 0.15) is 16.1 Å². The van der Waals surface area contributed by atoms with Gasteiger partial charge in [-0.2, -0.15) is 0 Å². The van der Waals surface area contributed by atoms with Crippen molar-refractivity contribution in [1.82, 2.24) is 4.98 Å². The number of halogens is 2. The highest BCUT2D eigenvalue weighted by Crippen LogP contribution is 2.31. The van der Waals surface area contributed by atoms with Crippen molar-refractivity contribution in [3.8, 4) is 0 Å². The lowest BCUT2D eigenvalue weighted by molar-refractivity contribution is 0.0977. The fourth-order valence-electron chi connectivity index (χ4n) is 2.13. The van der Waals surface area contributed by atoms with Gasteiger partial charge in [-0.1, -0.05) is 23.7 Å². The zero-order valence-corrected chi connectivity index (χ0v) is 13.6. The Labute approximate surface area is 139 Å². The molecule has 0 spiro atoms. The number of benzene rings is 1. The number of nitrogens with one attached hydrogen (secondary N) is 1. The molecule has 0 saturated heterocycles. The third kappa shape index (κ3) is 2.93. The molecule has 5 nitrogen and oxygen atoms in total. The van der Waals surface area contributed by atoms with E-state index < -0.39 is 5.91 Å². The first-order chi connectivity index (χ1) is 10.5. The van der Waals surface area contributed by atoms with Crippen LogP contribution in [0.5, 0.6) is 0 Å². The lowest BCUT2D eigenvalue weighted by atomic mass is 10.2. The minimum absolute atomic E-state index is 0.0580. The fourth-order valence-corrected chi connectivity index (χ4v) is 2.65. The second-order valence-electron chi connectivity index (χ2n) is 4.65. The lowest BCUT2D eigenvalue weighted by Crippen LogP contribution is -2.13. The third-order valence-electron chi connectivity index (χ3n) is 3.08. The van der Waals surface area contributed by atoms with Crippen molar-refractivity contribution < 1.29 is 9.21 Å². The normalized spacial score (nSPS) is 10.8. The van der Waals surface area contributed by atoms with Gasteiger partial charge in [-0.15, -0.1) is 0 Å².